The molecule has 104 valence electrons. The molecule has 0 spiro atoms. The van der Waals surface area contributed by atoms with Crippen LogP contribution in [0.3, 0.4) is 0 Å². The number of carbonyl (C=O) groups is 1. The van der Waals surface area contributed by atoms with Crippen molar-refractivity contribution in [3.05, 3.63) is 53.6 Å². The Morgan fingerprint density at radius 2 is 1.80 bits per heavy atom. The average Bonchev–Trinajstić information content (AvgIpc) is 2.41. The topological polar surface area (TPSA) is 55.1 Å². The van der Waals surface area contributed by atoms with Crippen molar-refractivity contribution in [3.8, 4) is 0 Å². The largest absolute Gasteiger partial charge is 0.326 e. The van der Waals surface area contributed by atoms with E-state index in [1.807, 2.05) is 24.3 Å². The second-order valence-electron chi connectivity index (χ2n) is 4.60. The summed E-state index contributed by atoms with van der Waals surface area (Å²) >= 11 is 1.70. The highest BCUT2D eigenvalue weighted by Crippen LogP contribution is 2.29. The van der Waals surface area contributed by atoms with E-state index < -0.39 is 0 Å². The summed E-state index contributed by atoms with van der Waals surface area (Å²) in [5, 5.41) is 2.76. The van der Waals surface area contributed by atoms with Crippen molar-refractivity contribution in [1.29, 1.82) is 0 Å². The lowest BCUT2D eigenvalue weighted by molar-refractivity contribution is -0.114. The Morgan fingerprint density at radius 3 is 2.35 bits per heavy atom. The standard InChI is InChI=1S/C16H18N2OS/c1-11-9-16(6-3-13(11)10-17)20-15-7-4-14(5-8-15)18-12(2)19/h3-9H,10,17H2,1-2H3,(H,18,19). The average molecular weight is 286 g/mol. The van der Waals surface area contributed by atoms with E-state index in [9.17, 15) is 4.79 Å². The third-order valence-electron chi connectivity index (χ3n) is 2.94. The number of nitrogens with two attached hydrogens (primary N) is 1. The molecule has 4 heteroatoms. The van der Waals surface area contributed by atoms with Gasteiger partial charge in [-0.15, -0.1) is 0 Å². The summed E-state index contributed by atoms with van der Waals surface area (Å²) in [6.45, 7) is 4.15. The van der Waals surface area contributed by atoms with Gasteiger partial charge in [0, 0.05) is 28.9 Å². The summed E-state index contributed by atoms with van der Waals surface area (Å²) in [6, 6.07) is 14.1. The maximum Gasteiger partial charge on any atom is 0.221 e. The Kier molecular flexibility index (Phi) is 4.82. The first-order chi connectivity index (χ1) is 9.58. The Labute approximate surface area is 123 Å². The molecule has 0 saturated heterocycles. The minimum absolute atomic E-state index is 0.0570. The van der Waals surface area contributed by atoms with Gasteiger partial charge in [-0.2, -0.15) is 0 Å². The van der Waals surface area contributed by atoms with Crippen LogP contribution in [0.2, 0.25) is 0 Å². The highest BCUT2D eigenvalue weighted by atomic mass is 32.2. The van der Waals surface area contributed by atoms with Gasteiger partial charge in [-0.05, 0) is 54.4 Å². The molecule has 0 aliphatic rings. The van der Waals surface area contributed by atoms with Crippen LogP contribution in [-0.4, -0.2) is 5.91 Å². The molecular weight excluding hydrogens is 268 g/mol. The molecule has 3 N–H and O–H groups in total. The molecule has 3 nitrogen and oxygen atoms in total. The first kappa shape index (κ1) is 14.6. The summed E-state index contributed by atoms with van der Waals surface area (Å²) in [5.41, 5.74) is 8.88. The van der Waals surface area contributed by atoms with Crippen molar-refractivity contribution in [2.24, 2.45) is 5.73 Å². The Morgan fingerprint density at radius 1 is 1.15 bits per heavy atom. The third kappa shape index (κ3) is 3.85. The number of anilines is 1. The molecule has 0 bridgehead atoms. The SMILES string of the molecule is CC(=O)Nc1ccc(Sc2ccc(CN)c(C)c2)cc1. The molecule has 0 heterocycles. The highest BCUT2D eigenvalue weighted by Gasteiger charge is 2.02. The molecule has 0 unspecified atom stereocenters. The fourth-order valence-electron chi connectivity index (χ4n) is 1.91. The number of carbonyl (C=O) groups excluding carboxylic acids is 1. The number of amides is 1. The lowest BCUT2D eigenvalue weighted by atomic mass is 10.1. The van der Waals surface area contributed by atoms with Crippen LogP contribution in [0, 0.1) is 6.92 Å². The van der Waals surface area contributed by atoms with E-state index in [1.54, 1.807) is 11.8 Å². The molecule has 0 saturated carbocycles. The normalized spacial score (nSPS) is 10.3. The number of aryl methyl sites for hydroxylation is 1. The van der Waals surface area contributed by atoms with Crippen molar-refractivity contribution in [2.45, 2.75) is 30.2 Å². The summed E-state index contributed by atoms with van der Waals surface area (Å²) in [6.07, 6.45) is 0. The molecule has 1 amide bonds. The van der Waals surface area contributed by atoms with Gasteiger partial charge in [-0.25, -0.2) is 0 Å². The van der Waals surface area contributed by atoms with Crippen LogP contribution in [-0.2, 0) is 11.3 Å². The van der Waals surface area contributed by atoms with Gasteiger partial charge < -0.3 is 11.1 Å². The monoisotopic (exact) mass is 286 g/mol. The maximum atomic E-state index is 11.0. The molecule has 0 radical (unpaired) electrons. The Bertz CT molecular complexity index is 608. The van der Waals surface area contributed by atoms with Crippen LogP contribution in [0.4, 0.5) is 5.69 Å². The number of rotatable bonds is 4. The van der Waals surface area contributed by atoms with E-state index in [-0.39, 0.29) is 5.91 Å². The fourth-order valence-corrected chi connectivity index (χ4v) is 2.82. The quantitative estimate of drug-likeness (QED) is 0.903. The lowest BCUT2D eigenvalue weighted by Crippen LogP contribution is -2.05. The molecule has 2 rings (SSSR count). The molecule has 0 aliphatic carbocycles. The third-order valence-corrected chi connectivity index (χ3v) is 3.94. The predicted molar refractivity (Wildman–Crippen MR) is 83.9 cm³/mol. The van der Waals surface area contributed by atoms with Gasteiger partial charge in [0.1, 0.15) is 0 Å². The second-order valence-corrected chi connectivity index (χ2v) is 5.75. The van der Waals surface area contributed by atoms with Crippen LogP contribution < -0.4 is 11.1 Å². The zero-order chi connectivity index (χ0) is 14.5. The van der Waals surface area contributed by atoms with Gasteiger partial charge in [0.15, 0.2) is 0 Å². The first-order valence-corrected chi connectivity index (χ1v) is 7.25. The van der Waals surface area contributed by atoms with Gasteiger partial charge in [0.25, 0.3) is 0 Å². The Hall–Kier alpha value is -1.78. The van der Waals surface area contributed by atoms with Crippen LogP contribution in [0.25, 0.3) is 0 Å². The van der Waals surface area contributed by atoms with E-state index >= 15 is 0 Å². The van der Waals surface area contributed by atoms with E-state index in [2.05, 4.69) is 30.4 Å². The minimum atomic E-state index is -0.0570. The minimum Gasteiger partial charge on any atom is -0.326 e. The van der Waals surface area contributed by atoms with Crippen molar-refractivity contribution in [3.63, 3.8) is 0 Å². The predicted octanol–water partition coefficient (Wildman–Crippen LogP) is 3.56. The molecule has 0 fully saturated rings. The maximum absolute atomic E-state index is 11.0. The first-order valence-electron chi connectivity index (χ1n) is 6.43. The summed E-state index contributed by atoms with van der Waals surface area (Å²) in [5.74, 6) is -0.0570. The molecular formula is C16H18N2OS. The van der Waals surface area contributed by atoms with Gasteiger partial charge in [-0.1, -0.05) is 17.8 Å². The van der Waals surface area contributed by atoms with E-state index in [1.165, 1.54) is 22.9 Å². The highest BCUT2D eigenvalue weighted by molar-refractivity contribution is 7.99. The molecule has 2 aromatic carbocycles. The fraction of sp³-hybridized carbons (Fsp3) is 0.188. The van der Waals surface area contributed by atoms with Crippen molar-refractivity contribution in [1.82, 2.24) is 0 Å². The molecule has 0 aliphatic heterocycles. The van der Waals surface area contributed by atoms with Gasteiger partial charge >= 0.3 is 0 Å². The van der Waals surface area contributed by atoms with E-state index in [4.69, 9.17) is 5.73 Å². The molecule has 2 aromatic rings. The zero-order valence-corrected chi connectivity index (χ0v) is 12.5. The molecule has 0 aromatic heterocycles. The van der Waals surface area contributed by atoms with Crippen LogP contribution in [0.5, 0.6) is 0 Å². The van der Waals surface area contributed by atoms with Crippen molar-refractivity contribution in [2.75, 3.05) is 5.32 Å². The van der Waals surface area contributed by atoms with Crippen molar-refractivity contribution >= 4 is 23.4 Å². The smallest absolute Gasteiger partial charge is 0.221 e. The Balaban J connectivity index is 2.10. The van der Waals surface area contributed by atoms with Gasteiger partial charge in [-0.3, -0.25) is 4.79 Å². The molecule has 0 atom stereocenters. The van der Waals surface area contributed by atoms with E-state index in [0.717, 1.165) is 10.6 Å². The van der Waals surface area contributed by atoms with E-state index in [0.29, 0.717) is 6.54 Å². The van der Waals surface area contributed by atoms with Crippen molar-refractivity contribution < 1.29 is 4.79 Å². The zero-order valence-electron chi connectivity index (χ0n) is 11.6. The summed E-state index contributed by atoms with van der Waals surface area (Å²) < 4.78 is 0. The van der Waals surface area contributed by atoms with Gasteiger partial charge in [0.05, 0.1) is 0 Å². The molecule has 20 heavy (non-hydrogen) atoms. The number of hydrogen-bond donors (Lipinski definition) is 2. The number of hydrogen-bond acceptors (Lipinski definition) is 3. The van der Waals surface area contributed by atoms with Crippen LogP contribution in [0.15, 0.2) is 52.3 Å². The van der Waals surface area contributed by atoms with Gasteiger partial charge in [0.2, 0.25) is 5.91 Å². The van der Waals surface area contributed by atoms with Crippen LogP contribution >= 0.6 is 11.8 Å². The summed E-state index contributed by atoms with van der Waals surface area (Å²) in [7, 11) is 0. The van der Waals surface area contributed by atoms with Crippen LogP contribution in [0.1, 0.15) is 18.1 Å². The number of benzene rings is 2. The second kappa shape index (κ2) is 6.59. The lowest BCUT2D eigenvalue weighted by Gasteiger charge is -2.07. The summed E-state index contributed by atoms with van der Waals surface area (Å²) in [4.78, 5) is 13.3. The number of nitrogens with one attached hydrogen (secondary N) is 1.